The van der Waals surface area contributed by atoms with Gasteiger partial charge in [-0.25, -0.2) is 0 Å². The molecule has 4 nitrogen and oxygen atoms in total. The van der Waals surface area contributed by atoms with Crippen molar-refractivity contribution in [2.45, 2.75) is 20.3 Å². The van der Waals surface area contributed by atoms with E-state index in [0.717, 1.165) is 5.57 Å². The van der Waals surface area contributed by atoms with Crippen molar-refractivity contribution in [2.75, 3.05) is 13.2 Å². The molecule has 0 unspecified atom stereocenters. The number of nitrogens with one attached hydrogen (secondary N) is 1. The Labute approximate surface area is 103 Å². The van der Waals surface area contributed by atoms with Crippen LogP contribution in [0, 0.1) is 0 Å². The summed E-state index contributed by atoms with van der Waals surface area (Å²) in [5.41, 5.74) is 0.801. The number of amides is 1. The van der Waals surface area contributed by atoms with E-state index < -0.39 is 18.3 Å². The first-order valence-corrected chi connectivity index (χ1v) is 5.47. The minimum Gasteiger partial charge on any atom is -0.389 e. The maximum Gasteiger partial charge on any atom is 0.227 e. The Bertz CT molecular complexity index is 293. The smallest absolute Gasteiger partial charge is 0.227 e. The summed E-state index contributed by atoms with van der Waals surface area (Å²) in [6.07, 6.45) is 4.59. The molecule has 0 rings (SSSR count). The molecular formula is C13H21NO3. The van der Waals surface area contributed by atoms with E-state index in [2.05, 4.69) is 18.5 Å². The van der Waals surface area contributed by atoms with Crippen LogP contribution in [0.4, 0.5) is 0 Å². The van der Waals surface area contributed by atoms with Crippen molar-refractivity contribution in [1.29, 1.82) is 0 Å². The molecule has 0 spiro atoms. The van der Waals surface area contributed by atoms with Gasteiger partial charge in [0.25, 0.3) is 0 Å². The Hall–Kier alpha value is -1.68. The quantitative estimate of drug-likeness (QED) is 0.521. The molecular weight excluding hydrogens is 218 g/mol. The molecule has 0 radical (unpaired) electrons. The second-order valence-corrected chi connectivity index (χ2v) is 2.83. The van der Waals surface area contributed by atoms with Crippen LogP contribution in [0.1, 0.15) is 20.3 Å². The van der Waals surface area contributed by atoms with Gasteiger partial charge in [0.2, 0.25) is 5.91 Å². The van der Waals surface area contributed by atoms with E-state index in [1.54, 1.807) is 18.2 Å². The van der Waals surface area contributed by atoms with Crippen molar-refractivity contribution in [1.82, 2.24) is 5.32 Å². The largest absolute Gasteiger partial charge is 0.389 e. The average Bonchev–Trinajstić information content (AvgIpc) is 2.36. The first-order chi connectivity index (χ1) is 8.13. The Morgan fingerprint density at radius 1 is 1.29 bits per heavy atom. The van der Waals surface area contributed by atoms with Crippen LogP contribution in [0.15, 0.2) is 37.0 Å². The van der Waals surface area contributed by atoms with Gasteiger partial charge in [-0.3, -0.25) is 9.59 Å². The van der Waals surface area contributed by atoms with Gasteiger partial charge >= 0.3 is 0 Å². The van der Waals surface area contributed by atoms with Crippen LogP contribution in [0.5, 0.6) is 0 Å². The molecule has 1 amide bonds. The van der Waals surface area contributed by atoms with Crippen LogP contribution >= 0.6 is 0 Å². The second-order valence-electron chi connectivity index (χ2n) is 2.83. The fraction of sp³-hybridized carbons (Fsp3) is 0.385. The van der Waals surface area contributed by atoms with E-state index in [9.17, 15) is 9.59 Å². The van der Waals surface area contributed by atoms with E-state index in [1.165, 1.54) is 0 Å². The fourth-order valence-corrected chi connectivity index (χ4v) is 0.849. The molecule has 4 heteroatoms. The van der Waals surface area contributed by atoms with Gasteiger partial charge in [-0.2, -0.15) is 0 Å². The zero-order chi connectivity index (χ0) is 13.7. The molecule has 17 heavy (non-hydrogen) atoms. The maximum absolute atomic E-state index is 11.1. The highest BCUT2D eigenvalue weighted by atomic mass is 16.3. The van der Waals surface area contributed by atoms with E-state index in [-0.39, 0.29) is 6.42 Å². The lowest BCUT2D eigenvalue weighted by atomic mass is 10.2. The molecule has 0 heterocycles. The van der Waals surface area contributed by atoms with Crippen LogP contribution in [-0.2, 0) is 9.59 Å². The lowest BCUT2D eigenvalue weighted by Crippen LogP contribution is -2.28. The van der Waals surface area contributed by atoms with Crippen LogP contribution in [-0.4, -0.2) is 29.9 Å². The Kier molecular flexibility index (Phi) is 12.9. The molecule has 0 aliphatic carbocycles. The molecule has 0 aliphatic heterocycles. The number of allylic oxidation sites excluding steroid dienone is 2. The molecule has 0 saturated carbocycles. The average molecular weight is 239 g/mol. The van der Waals surface area contributed by atoms with Gasteiger partial charge in [0.05, 0.1) is 6.42 Å². The van der Waals surface area contributed by atoms with Gasteiger partial charge in [0.15, 0.2) is 5.78 Å². The van der Waals surface area contributed by atoms with Crippen molar-refractivity contribution < 1.29 is 14.7 Å². The van der Waals surface area contributed by atoms with Crippen molar-refractivity contribution in [3.05, 3.63) is 37.0 Å². The molecule has 0 fully saturated rings. The predicted octanol–water partition coefficient (Wildman–Crippen LogP) is 1.38. The Balaban J connectivity index is 0. The molecule has 0 saturated heterocycles. The molecule has 0 aliphatic rings. The monoisotopic (exact) mass is 239 g/mol. The van der Waals surface area contributed by atoms with Crippen molar-refractivity contribution in [2.24, 2.45) is 0 Å². The third-order valence-corrected chi connectivity index (χ3v) is 1.62. The highest BCUT2D eigenvalue weighted by Gasteiger charge is 2.07. The highest BCUT2D eigenvalue weighted by molar-refractivity contribution is 5.98. The van der Waals surface area contributed by atoms with Gasteiger partial charge in [-0.15, -0.1) is 0 Å². The number of aliphatic hydroxyl groups excluding tert-OH is 1. The molecule has 0 aromatic carbocycles. The number of rotatable bonds is 7. The third kappa shape index (κ3) is 10.6. The SMILES string of the molecule is C=C/C=C(\C=C)CNC(=O)CC(=O)CO.CC. The number of Topliss-reactive ketones (excluding diaryl/α,β-unsaturated/α-hetero) is 1. The first-order valence-electron chi connectivity index (χ1n) is 5.47. The normalized spacial score (nSPS) is 9.71. The van der Waals surface area contributed by atoms with E-state index >= 15 is 0 Å². The van der Waals surface area contributed by atoms with Gasteiger partial charge in [0.1, 0.15) is 6.61 Å². The standard InChI is InChI=1S/C11H15NO3.C2H6/c1-3-5-9(4-2)7-12-11(15)6-10(14)8-13;1-2/h3-5,13H,1-2,6-8H2,(H,12,15);1-2H3/b9-5+;. The minimum absolute atomic E-state index is 0.297. The zero-order valence-electron chi connectivity index (χ0n) is 10.5. The molecule has 0 aromatic rings. The second kappa shape index (κ2) is 12.4. The summed E-state index contributed by atoms with van der Waals surface area (Å²) in [7, 11) is 0. The number of ketones is 1. The van der Waals surface area contributed by atoms with Crippen molar-refractivity contribution in [3.63, 3.8) is 0 Å². The van der Waals surface area contributed by atoms with Gasteiger partial charge in [-0.1, -0.05) is 45.2 Å². The third-order valence-electron chi connectivity index (χ3n) is 1.62. The number of aliphatic hydroxyl groups is 1. The molecule has 0 atom stereocenters. The maximum atomic E-state index is 11.1. The van der Waals surface area contributed by atoms with Crippen LogP contribution in [0.3, 0.4) is 0 Å². The predicted molar refractivity (Wildman–Crippen MR) is 69.5 cm³/mol. The highest BCUT2D eigenvalue weighted by Crippen LogP contribution is 1.94. The lowest BCUT2D eigenvalue weighted by molar-refractivity contribution is -0.129. The fourth-order valence-electron chi connectivity index (χ4n) is 0.849. The van der Waals surface area contributed by atoms with Crippen LogP contribution in [0.25, 0.3) is 0 Å². The molecule has 0 bridgehead atoms. The topological polar surface area (TPSA) is 66.4 Å². The molecule has 2 N–H and O–H groups in total. The summed E-state index contributed by atoms with van der Waals surface area (Å²) in [6.45, 7) is 10.8. The summed E-state index contributed by atoms with van der Waals surface area (Å²) >= 11 is 0. The zero-order valence-corrected chi connectivity index (χ0v) is 10.5. The van der Waals surface area contributed by atoms with Gasteiger partial charge < -0.3 is 10.4 Å². The van der Waals surface area contributed by atoms with E-state index in [0.29, 0.717) is 6.54 Å². The summed E-state index contributed by atoms with van der Waals surface area (Å²) in [5, 5.41) is 10.9. The molecule has 0 aromatic heterocycles. The first kappa shape index (κ1) is 17.7. The lowest BCUT2D eigenvalue weighted by Gasteiger charge is -2.04. The Morgan fingerprint density at radius 3 is 2.29 bits per heavy atom. The number of hydrogen-bond acceptors (Lipinski definition) is 3. The summed E-state index contributed by atoms with van der Waals surface area (Å²) in [4.78, 5) is 21.8. The molecule has 96 valence electrons. The van der Waals surface area contributed by atoms with Crippen molar-refractivity contribution in [3.8, 4) is 0 Å². The summed E-state index contributed by atoms with van der Waals surface area (Å²) in [6, 6.07) is 0. The number of hydrogen-bond donors (Lipinski definition) is 2. The van der Waals surface area contributed by atoms with Gasteiger partial charge in [-0.05, 0) is 5.57 Å². The van der Waals surface area contributed by atoms with Gasteiger partial charge in [0, 0.05) is 6.54 Å². The summed E-state index contributed by atoms with van der Waals surface area (Å²) < 4.78 is 0. The Morgan fingerprint density at radius 2 is 1.88 bits per heavy atom. The van der Waals surface area contributed by atoms with Crippen molar-refractivity contribution >= 4 is 11.7 Å². The van der Waals surface area contributed by atoms with E-state index in [4.69, 9.17) is 5.11 Å². The van der Waals surface area contributed by atoms with E-state index in [1.807, 2.05) is 13.8 Å². The number of carbonyl (C=O) groups excluding carboxylic acids is 2. The van der Waals surface area contributed by atoms with Crippen LogP contribution < -0.4 is 5.32 Å². The minimum atomic E-state index is -0.607. The summed E-state index contributed by atoms with van der Waals surface area (Å²) in [5.74, 6) is -0.911. The number of carbonyl (C=O) groups is 2. The van der Waals surface area contributed by atoms with Crippen LogP contribution in [0.2, 0.25) is 0 Å².